The van der Waals surface area contributed by atoms with Gasteiger partial charge in [-0.3, -0.25) is 4.79 Å². The van der Waals surface area contributed by atoms with E-state index in [1.54, 1.807) is 6.20 Å². The predicted molar refractivity (Wildman–Crippen MR) is 143 cm³/mol. The number of ether oxygens (including phenoxy) is 2. The van der Waals surface area contributed by atoms with Crippen LogP contribution in [0.5, 0.6) is 0 Å². The summed E-state index contributed by atoms with van der Waals surface area (Å²) in [4.78, 5) is 30.1. The Bertz CT molecular complexity index is 1200. The molecule has 0 spiro atoms. The van der Waals surface area contributed by atoms with Crippen LogP contribution in [0, 0.1) is 0 Å². The number of carbonyl (C=O) groups is 2. The Balaban J connectivity index is 2.00. The zero-order valence-electron chi connectivity index (χ0n) is 21.6. The highest BCUT2D eigenvalue weighted by Gasteiger charge is 2.26. The highest BCUT2D eigenvalue weighted by Crippen LogP contribution is 2.33. The maximum absolute atomic E-state index is 12.9. The molecule has 2 aromatic heterocycles. The maximum atomic E-state index is 12.9. The summed E-state index contributed by atoms with van der Waals surface area (Å²) in [6.45, 7) is 8.49. The van der Waals surface area contributed by atoms with Crippen molar-refractivity contribution in [2.75, 3.05) is 31.5 Å². The van der Waals surface area contributed by atoms with E-state index in [-0.39, 0.29) is 24.2 Å². The van der Waals surface area contributed by atoms with Gasteiger partial charge in [-0.05, 0) is 51.2 Å². The number of benzene rings is 1. The number of nitrogens with one attached hydrogen (secondary N) is 2. The highest BCUT2D eigenvalue weighted by atomic mass is 16.5. The number of fused-ring (bicyclic) bond motifs is 1. The monoisotopic (exact) mass is 492 g/mol. The number of aromatic nitrogens is 2. The number of esters is 1. The van der Waals surface area contributed by atoms with Gasteiger partial charge in [-0.2, -0.15) is 0 Å². The van der Waals surface area contributed by atoms with Gasteiger partial charge in [-0.15, -0.1) is 6.58 Å². The molecule has 3 aromatic rings. The van der Waals surface area contributed by atoms with Crippen LogP contribution in [-0.4, -0.2) is 48.3 Å². The average Bonchev–Trinajstić information content (AvgIpc) is 3.15. The number of pyridine rings is 1. The van der Waals surface area contributed by atoms with E-state index in [0.717, 1.165) is 36.9 Å². The van der Waals surface area contributed by atoms with Crippen molar-refractivity contribution in [3.8, 4) is 0 Å². The number of methoxy groups -OCH3 is 2. The SMILES string of the molecule is C=C(C)CC[C@@H](C)Nc1cnc2c(c1)c(NC(=O)COC)c(C(=O)OC)n2CCCc1ccccc1. The second-order valence-electron chi connectivity index (χ2n) is 9.07. The Hall–Kier alpha value is -3.65. The molecule has 192 valence electrons. The van der Waals surface area contributed by atoms with E-state index in [1.165, 1.54) is 19.8 Å². The molecule has 3 rings (SSSR count). The van der Waals surface area contributed by atoms with E-state index in [1.807, 2.05) is 35.8 Å². The third kappa shape index (κ3) is 6.95. The quantitative estimate of drug-likeness (QED) is 0.252. The Labute approximate surface area is 212 Å². The molecule has 8 heteroatoms. The van der Waals surface area contributed by atoms with E-state index in [0.29, 0.717) is 23.3 Å². The number of amides is 1. The summed E-state index contributed by atoms with van der Waals surface area (Å²) in [6.07, 6.45) is 5.23. The van der Waals surface area contributed by atoms with E-state index in [9.17, 15) is 9.59 Å². The molecule has 0 saturated carbocycles. The summed E-state index contributed by atoms with van der Waals surface area (Å²) < 4.78 is 11.9. The lowest BCUT2D eigenvalue weighted by molar-refractivity contribution is -0.119. The summed E-state index contributed by atoms with van der Waals surface area (Å²) in [7, 11) is 2.78. The first-order chi connectivity index (χ1) is 17.3. The minimum Gasteiger partial charge on any atom is -0.464 e. The van der Waals surface area contributed by atoms with E-state index < -0.39 is 5.97 Å². The van der Waals surface area contributed by atoms with Crippen molar-refractivity contribution in [3.05, 3.63) is 66.0 Å². The molecular weight excluding hydrogens is 456 g/mol. The number of nitrogens with zero attached hydrogens (tertiary/aromatic N) is 2. The normalized spacial score (nSPS) is 11.8. The number of hydrogen-bond acceptors (Lipinski definition) is 6. The fourth-order valence-corrected chi connectivity index (χ4v) is 4.17. The minimum atomic E-state index is -0.537. The molecule has 0 fully saturated rings. The zero-order chi connectivity index (χ0) is 26.1. The lowest BCUT2D eigenvalue weighted by Gasteiger charge is -2.15. The molecule has 1 atom stereocenters. The van der Waals surface area contributed by atoms with E-state index >= 15 is 0 Å². The van der Waals surface area contributed by atoms with Gasteiger partial charge in [0.2, 0.25) is 5.91 Å². The molecule has 2 N–H and O–H groups in total. The van der Waals surface area contributed by atoms with Crippen LogP contribution in [0.2, 0.25) is 0 Å². The van der Waals surface area contributed by atoms with Gasteiger partial charge in [0.25, 0.3) is 0 Å². The summed E-state index contributed by atoms with van der Waals surface area (Å²) >= 11 is 0. The molecule has 0 bridgehead atoms. The number of hydrogen-bond donors (Lipinski definition) is 2. The Morgan fingerprint density at radius 2 is 1.94 bits per heavy atom. The number of rotatable bonds is 13. The van der Waals surface area contributed by atoms with Crippen LogP contribution in [0.4, 0.5) is 11.4 Å². The lowest BCUT2D eigenvalue weighted by atomic mass is 10.1. The van der Waals surface area contributed by atoms with Gasteiger partial charge in [0.1, 0.15) is 12.3 Å². The van der Waals surface area contributed by atoms with Crippen LogP contribution in [0.3, 0.4) is 0 Å². The van der Waals surface area contributed by atoms with Crippen molar-refractivity contribution < 1.29 is 19.1 Å². The molecule has 0 aliphatic rings. The van der Waals surface area contributed by atoms with E-state index in [4.69, 9.17) is 14.5 Å². The fraction of sp³-hybridized carbons (Fsp3) is 0.393. The van der Waals surface area contributed by atoms with E-state index in [2.05, 4.69) is 36.3 Å². The second-order valence-corrected chi connectivity index (χ2v) is 9.07. The predicted octanol–water partition coefficient (Wildman–Crippen LogP) is 5.20. The van der Waals surface area contributed by atoms with Gasteiger partial charge in [0.05, 0.1) is 24.7 Å². The van der Waals surface area contributed by atoms with Crippen molar-refractivity contribution in [2.45, 2.75) is 52.1 Å². The van der Waals surface area contributed by atoms with Gasteiger partial charge in [0, 0.05) is 25.1 Å². The number of anilines is 2. The van der Waals surface area contributed by atoms with Crippen LogP contribution in [-0.2, 0) is 27.2 Å². The molecule has 0 aliphatic heterocycles. The molecule has 2 heterocycles. The molecule has 0 unspecified atom stereocenters. The van der Waals surface area contributed by atoms with Crippen molar-refractivity contribution in [1.82, 2.24) is 9.55 Å². The summed E-state index contributed by atoms with van der Waals surface area (Å²) in [5, 5.41) is 6.98. The third-order valence-electron chi connectivity index (χ3n) is 5.92. The molecule has 0 radical (unpaired) electrons. The molecule has 0 aliphatic carbocycles. The van der Waals surface area contributed by atoms with Gasteiger partial charge in [0.15, 0.2) is 5.69 Å². The first-order valence-corrected chi connectivity index (χ1v) is 12.2. The molecule has 8 nitrogen and oxygen atoms in total. The summed E-state index contributed by atoms with van der Waals surface area (Å²) in [5.74, 6) is -0.899. The number of carbonyl (C=O) groups excluding carboxylic acids is 2. The summed E-state index contributed by atoms with van der Waals surface area (Å²) in [6, 6.07) is 12.3. The zero-order valence-corrected chi connectivity index (χ0v) is 21.6. The standard InChI is InChI=1S/C28H36N4O4/c1-19(2)13-14-20(3)30-22-16-23-25(31-24(33)18-35-4)26(28(34)36-5)32(27(23)29-17-22)15-9-12-21-10-7-6-8-11-21/h6-8,10-11,16-17,20,30H,1,9,12-15,18H2,2-5H3,(H,31,33)/t20-/m1/s1. The molecule has 0 saturated heterocycles. The molecule has 1 aromatic carbocycles. The second kappa shape index (κ2) is 12.9. The fourth-order valence-electron chi connectivity index (χ4n) is 4.17. The van der Waals surface area contributed by atoms with Crippen LogP contribution in [0.25, 0.3) is 11.0 Å². The molecular formula is C28H36N4O4. The van der Waals surface area contributed by atoms with Gasteiger partial charge >= 0.3 is 5.97 Å². The van der Waals surface area contributed by atoms with Crippen molar-refractivity contribution >= 4 is 34.3 Å². The number of aryl methyl sites for hydroxylation is 2. The van der Waals surface area contributed by atoms with Gasteiger partial charge in [-0.25, -0.2) is 9.78 Å². The van der Waals surface area contributed by atoms with Crippen LogP contribution in [0.15, 0.2) is 54.7 Å². The lowest BCUT2D eigenvalue weighted by Crippen LogP contribution is -2.20. The highest BCUT2D eigenvalue weighted by molar-refractivity contribution is 6.11. The maximum Gasteiger partial charge on any atom is 0.356 e. The minimum absolute atomic E-state index is 0.134. The van der Waals surface area contributed by atoms with Crippen molar-refractivity contribution in [1.29, 1.82) is 0 Å². The Kier molecular flexibility index (Phi) is 9.64. The van der Waals surface area contributed by atoms with Crippen LogP contribution >= 0.6 is 0 Å². The average molecular weight is 493 g/mol. The topological polar surface area (TPSA) is 94.5 Å². The first kappa shape index (κ1) is 26.9. The molecule has 1 amide bonds. The molecule has 36 heavy (non-hydrogen) atoms. The number of allylic oxidation sites excluding steroid dienone is 1. The smallest absolute Gasteiger partial charge is 0.356 e. The Morgan fingerprint density at radius 1 is 1.19 bits per heavy atom. The third-order valence-corrected chi connectivity index (χ3v) is 5.92. The van der Waals surface area contributed by atoms with Crippen LogP contribution < -0.4 is 10.6 Å². The van der Waals surface area contributed by atoms with Gasteiger partial charge in [-0.1, -0.05) is 35.9 Å². The Morgan fingerprint density at radius 3 is 2.61 bits per heavy atom. The van der Waals surface area contributed by atoms with Crippen molar-refractivity contribution in [3.63, 3.8) is 0 Å². The first-order valence-electron chi connectivity index (χ1n) is 12.2. The van der Waals surface area contributed by atoms with Gasteiger partial charge < -0.3 is 24.7 Å². The van der Waals surface area contributed by atoms with Crippen molar-refractivity contribution in [2.24, 2.45) is 0 Å². The largest absolute Gasteiger partial charge is 0.464 e. The summed E-state index contributed by atoms with van der Waals surface area (Å²) in [5.41, 5.74) is 4.41. The van der Waals surface area contributed by atoms with Crippen LogP contribution in [0.1, 0.15) is 49.2 Å².